The van der Waals surface area contributed by atoms with E-state index in [-0.39, 0.29) is 54.8 Å². The van der Waals surface area contributed by atoms with Crippen molar-refractivity contribution in [3.63, 3.8) is 0 Å². The van der Waals surface area contributed by atoms with Crippen LogP contribution in [0.1, 0.15) is 26.3 Å². The van der Waals surface area contributed by atoms with Crippen molar-refractivity contribution in [3.8, 4) is 0 Å². The molecule has 0 saturated carbocycles. The molecule has 1 aromatic carbocycles. The molecule has 38 heavy (non-hydrogen) atoms. The van der Waals surface area contributed by atoms with Gasteiger partial charge in [0.1, 0.15) is 6.61 Å². The zero-order valence-electron chi connectivity index (χ0n) is 20.9. The van der Waals surface area contributed by atoms with Crippen LogP contribution in [-0.2, 0) is 30.2 Å². The van der Waals surface area contributed by atoms with Crippen molar-refractivity contribution in [1.29, 1.82) is 0 Å². The molecular formula is C24H26FN5O8. The van der Waals surface area contributed by atoms with Gasteiger partial charge in [-0.15, -0.1) is 0 Å². The molecule has 0 unspecified atom stereocenters. The summed E-state index contributed by atoms with van der Waals surface area (Å²) in [6.45, 7) is 6.16. The van der Waals surface area contributed by atoms with Crippen LogP contribution in [0.15, 0.2) is 10.6 Å². The van der Waals surface area contributed by atoms with E-state index in [0.717, 1.165) is 0 Å². The quantitative estimate of drug-likeness (QED) is 0.551. The first-order valence-electron chi connectivity index (χ1n) is 12.4. The van der Waals surface area contributed by atoms with Gasteiger partial charge >= 0.3 is 12.1 Å². The third-order valence-electron chi connectivity index (χ3n) is 7.65. The molecule has 5 amide bonds. The third kappa shape index (κ3) is 3.32. The van der Waals surface area contributed by atoms with Gasteiger partial charge in [-0.3, -0.25) is 20.2 Å². The zero-order valence-corrected chi connectivity index (χ0v) is 20.9. The number of aromatic nitrogens is 1. The summed E-state index contributed by atoms with van der Waals surface area (Å²) in [7, 11) is 0. The number of barbiturate groups is 1. The molecular weight excluding hydrogens is 505 g/mol. The van der Waals surface area contributed by atoms with E-state index in [0.29, 0.717) is 12.2 Å². The van der Waals surface area contributed by atoms with Crippen molar-refractivity contribution in [2.75, 3.05) is 36.2 Å². The first kappa shape index (κ1) is 24.6. The summed E-state index contributed by atoms with van der Waals surface area (Å²) >= 11 is 0. The molecule has 6 rings (SSSR count). The van der Waals surface area contributed by atoms with Gasteiger partial charge in [-0.25, -0.2) is 18.9 Å². The second-order valence-corrected chi connectivity index (χ2v) is 9.98. The van der Waals surface area contributed by atoms with Crippen molar-refractivity contribution in [3.05, 3.63) is 17.4 Å². The summed E-state index contributed by atoms with van der Waals surface area (Å²) in [6, 6.07) is -0.760. The summed E-state index contributed by atoms with van der Waals surface area (Å²) < 4.78 is 38.3. The molecule has 5 heterocycles. The molecule has 0 aliphatic carbocycles. The SMILES string of the molecule is CCOC[C@H]1COC(=O)N1c1noc2c(F)c3c(cc12)CC1(C(=O)NC(=O)NC1=O)[C@H]1[C@H](C)O[C@H](C)CN31. The number of hydrogen-bond acceptors (Lipinski definition) is 10. The van der Waals surface area contributed by atoms with Crippen LogP contribution in [-0.4, -0.2) is 79.8 Å². The second kappa shape index (κ2) is 8.63. The smallest absolute Gasteiger partial charge is 0.416 e. The number of halogens is 1. The monoisotopic (exact) mass is 531 g/mol. The number of imide groups is 2. The van der Waals surface area contributed by atoms with Crippen LogP contribution < -0.4 is 20.4 Å². The lowest BCUT2D eigenvalue weighted by molar-refractivity contribution is -0.153. The first-order chi connectivity index (χ1) is 18.2. The fourth-order valence-corrected chi connectivity index (χ4v) is 6.21. The minimum atomic E-state index is -1.78. The average Bonchev–Trinajstić information content (AvgIpc) is 3.43. The zero-order chi connectivity index (χ0) is 26.9. The van der Waals surface area contributed by atoms with Gasteiger partial charge in [0.15, 0.2) is 17.1 Å². The molecule has 2 N–H and O–H groups in total. The Kier molecular flexibility index (Phi) is 5.57. The summed E-state index contributed by atoms with van der Waals surface area (Å²) in [5, 5.41) is 8.58. The molecule has 0 radical (unpaired) electrons. The molecule has 4 atom stereocenters. The van der Waals surface area contributed by atoms with Gasteiger partial charge in [-0.2, -0.15) is 0 Å². The lowest BCUT2D eigenvalue weighted by Crippen LogP contribution is -2.75. The molecule has 4 aliphatic rings. The van der Waals surface area contributed by atoms with Crippen LogP contribution in [0.4, 0.5) is 25.5 Å². The number of morpholine rings is 1. The summed E-state index contributed by atoms with van der Waals surface area (Å²) in [4.78, 5) is 54.1. The maximum atomic E-state index is 16.3. The van der Waals surface area contributed by atoms with Crippen LogP contribution in [0.25, 0.3) is 11.0 Å². The Morgan fingerprint density at radius 2 is 1.95 bits per heavy atom. The van der Waals surface area contributed by atoms with E-state index in [4.69, 9.17) is 18.7 Å². The molecule has 3 saturated heterocycles. The fourth-order valence-electron chi connectivity index (χ4n) is 6.21. The number of amides is 5. The van der Waals surface area contributed by atoms with Crippen molar-refractivity contribution < 1.29 is 42.3 Å². The molecule has 4 aliphatic heterocycles. The number of benzene rings is 1. The number of fused-ring (bicyclic) bond motifs is 5. The molecule has 0 bridgehead atoms. The highest BCUT2D eigenvalue weighted by Crippen LogP contribution is 2.50. The highest BCUT2D eigenvalue weighted by atomic mass is 19.1. The van der Waals surface area contributed by atoms with Gasteiger partial charge < -0.3 is 23.6 Å². The van der Waals surface area contributed by atoms with Gasteiger partial charge in [-0.1, -0.05) is 5.16 Å². The van der Waals surface area contributed by atoms with Crippen molar-refractivity contribution in [2.45, 2.75) is 51.5 Å². The predicted octanol–water partition coefficient (Wildman–Crippen LogP) is 1.22. The van der Waals surface area contributed by atoms with Crippen LogP contribution >= 0.6 is 0 Å². The Balaban J connectivity index is 1.53. The first-order valence-corrected chi connectivity index (χ1v) is 12.4. The Hall–Kier alpha value is -3.78. The van der Waals surface area contributed by atoms with E-state index in [1.807, 2.05) is 6.92 Å². The van der Waals surface area contributed by atoms with Crippen LogP contribution in [0.3, 0.4) is 0 Å². The standard InChI is InChI=1S/C24H26FN5O8/c1-4-35-8-13-9-36-23(34)30(13)19-14-5-12-6-24(20(31)26-22(33)27-21(24)32)18-11(3)37-10(2)7-29(18)16(12)15(25)17(14)38-28-19/h5,10-11,13,18H,4,6-9H2,1-3H3,(H2,26,27,31,32,33)/t10-,11+,13+,18-/m1/s1. The lowest BCUT2D eigenvalue weighted by Gasteiger charge is -2.55. The van der Waals surface area contributed by atoms with Crippen LogP contribution in [0, 0.1) is 11.2 Å². The van der Waals surface area contributed by atoms with Gasteiger partial charge in [0.2, 0.25) is 17.4 Å². The number of nitrogens with one attached hydrogen (secondary N) is 2. The van der Waals surface area contributed by atoms with E-state index in [1.54, 1.807) is 24.8 Å². The van der Waals surface area contributed by atoms with Gasteiger partial charge in [-0.05, 0) is 32.4 Å². The van der Waals surface area contributed by atoms with E-state index >= 15 is 4.39 Å². The summed E-state index contributed by atoms with van der Waals surface area (Å²) in [5.74, 6) is -2.27. The minimum Gasteiger partial charge on any atom is -0.447 e. The topological polar surface area (TPSA) is 153 Å². The molecule has 13 nitrogen and oxygen atoms in total. The number of nitrogens with zero attached hydrogens (tertiary/aromatic N) is 3. The molecule has 3 fully saturated rings. The lowest BCUT2D eigenvalue weighted by atomic mass is 9.66. The van der Waals surface area contributed by atoms with Crippen LogP contribution in [0.2, 0.25) is 0 Å². The number of ether oxygens (including phenoxy) is 3. The number of carbonyl (C=O) groups excluding carboxylic acids is 4. The summed E-state index contributed by atoms with van der Waals surface area (Å²) in [6.07, 6.45) is -1.91. The van der Waals surface area contributed by atoms with Gasteiger partial charge in [0.25, 0.3) is 0 Å². The Morgan fingerprint density at radius 1 is 1.21 bits per heavy atom. The second-order valence-electron chi connectivity index (χ2n) is 9.98. The molecule has 14 heteroatoms. The molecule has 1 aromatic heterocycles. The van der Waals surface area contributed by atoms with Crippen molar-refractivity contribution in [1.82, 2.24) is 15.8 Å². The Bertz CT molecular complexity index is 1360. The minimum absolute atomic E-state index is 0.0431. The number of urea groups is 1. The van der Waals surface area contributed by atoms with E-state index in [1.165, 1.54) is 4.90 Å². The highest BCUT2D eigenvalue weighted by Gasteiger charge is 2.63. The van der Waals surface area contributed by atoms with Crippen molar-refractivity contribution >= 4 is 46.4 Å². The van der Waals surface area contributed by atoms with E-state index in [2.05, 4.69) is 15.8 Å². The van der Waals surface area contributed by atoms with Gasteiger partial charge in [0.05, 0.1) is 42.0 Å². The van der Waals surface area contributed by atoms with E-state index < -0.39 is 53.4 Å². The Labute approximate surface area is 215 Å². The number of anilines is 2. The highest BCUT2D eigenvalue weighted by molar-refractivity contribution is 6.20. The molecule has 2 aromatic rings. The molecule has 1 spiro atoms. The third-order valence-corrected chi connectivity index (χ3v) is 7.65. The maximum Gasteiger partial charge on any atom is 0.416 e. The average molecular weight is 531 g/mol. The van der Waals surface area contributed by atoms with Gasteiger partial charge in [0, 0.05) is 19.6 Å². The van der Waals surface area contributed by atoms with Crippen molar-refractivity contribution in [2.24, 2.45) is 5.41 Å². The largest absolute Gasteiger partial charge is 0.447 e. The number of rotatable bonds is 4. The maximum absolute atomic E-state index is 16.3. The normalized spacial score (nSPS) is 28.3. The predicted molar refractivity (Wildman–Crippen MR) is 127 cm³/mol. The number of hydrogen-bond donors (Lipinski definition) is 2. The summed E-state index contributed by atoms with van der Waals surface area (Å²) in [5.41, 5.74) is -1.47. The number of cyclic esters (lactones) is 1. The fraction of sp³-hybridized carbons (Fsp3) is 0.542. The number of carbonyl (C=O) groups is 4. The Morgan fingerprint density at radius 3 is 2.66 bits per heavy atom. The molecule has 202 valence electrons. The van der Waals surface area contributed by atoms with Crippen LogP contribution in [0.5, 0.6) is 0 Å². The van der Waals surface area contributed by atoms with E-state index in [9.17, 15) is 19.2 Å².